The Morgan fingerprint density at radius 1 is 1.38 bits per heavy atom. The van der Waals surface area contributed by atoms with Gasteiger partial charge in [-0.3, -0.25) is 9.48 Å². The van der Waals surface area contributed by atoms with E-state index in [9.17, 15) is 13.2 Å². The molecule has 1 unspecified atom stereocenters. The Kier molecular flexibility index (Phi) is 5.81. The maximum atomic E-state index is 12.4. The summed E-state index contributed by atoms with van der Waals surface area (Å²) in [5.74, 6) is -2.27. The molecule has 0 aliphatic rings. The van der Waals surface area contributed by atoms with Gasteiger partial charge in [-0.15, -0.1) is 0 Å². The minimum atomic E-state index is -3.87. The van der Waals surface area contributed by atoms with Crippen LogP contribution in [0.25, 0.3) is 0 Å². The summed E-state index contributed by atoms with van der Waals surface area (Å²) in [4.78, 5) is 11.2. The van der Waals surface area contributed by atoms with E-state index >= 15 is 0 Å². The molecule has 1 atom stereocenters. The van der Waals surface area contributed by atoms with Gasteiger partial charge in [0.25, 0.3) is 0 Å². The Balaban J connectivity index is 3.26. The molecule has 1 rings (SSSR count). The predicted molar refractivity (Wildman–Crippen MR) is 81.2 cm³/mol. The molecular weight excluding hydrogens is 316 g/mol. The lowest BCUT2D eigenvalue weighted by molar-refractivity contribution is -0.137. The molecule has 0 spiro atoms. The van der Waals surface area contributed by atoms with Gasteiger partial charge in [0, 0.05) is 6.54 Å². The summed E-state index contributed by atoms with van der Waals surface area (Å²) in [6, 6.07) is 0. The molecule has 1 aromatic heterocycles. The van der Waals surface area contributed by atoms with Crippen molar-refractivity contribution in [2.75, 3.05) is 0 Å². The normalized spacial score (nSPS) is 13.6. The average molecular weight is 337 g/mol. The minimum Gasteiger partial charge on any atom is -0.480 e. The van der Waals surface area contributed by atoms with Crippen molar-refractivity contribution < 1.29 is 18.3 Å². The largest absolute Gasteiger partial charge is 0.480 e. The molecule has 0 saturated heterocycles. The van der Waals surface area contributed by atoms with Crippen LogP contribution in [0, 0.1) is 5.92 Å². The second-order valence-corrected chi connectivity index (χ2v) is 7.69. The Morgan fingerprint density at radius 2 is 1.95 bits per heavy atom. The zero-order chi connectivity index (χ0) is 16.4. The van der Waals surface area contributed by atoms with Gasteiger partial charge in [-0.2, -0.15) is 5.10 Å². The smallest absolute Gasteiger partial charge is 0.322 e. The second kappa shape index (κ2) is 6.79. The van der Waals surface area contributed by atoms with E-state index < -0.39 is 32.7 Å². The van der Waals surface area contributed by atoms with Crippen molar-refractivity contribution in [2.45, 2.75) is 51.7 Å². The van der Waals surface area contributed by atoms with Crippen molar-refractivity contribution in [3.05, 3.63) is 16.4 Å². The predicted octanol–water partition coefficient (Wildman–Crippen LogP) is 2.14. The van der Waals surface area contributed by atoms with Crippen LogP contribution in [0.2, 0.25) is 5.02 Å². The topological polar surface area (TPSA) is 89.3 Å². The lowest BCUT2D eigenvalue weighted by Gasteiger charge is -2.17. The van der Waals surface area contributed by atoms with Crippen molar-refractivity contribution in [2.24, 2.45) is 5.92 Å². The van der Waals surface area contributed by atoms with Crippen LogP contribution >= 0.6 is 11.6 Å². The number of sulfone groups is 1. The number of aromatic nitrogens is 2. The Labute approximate surface area is 130 Å². The monoisotopic (exact) mass is 336 g/mol. The highest BCUT2D eigenvalue weighted by molar-refractivity contribution is 7.92. The molecule has 0 aliphatic heterocycles. The second-order valence-electron chi connectivity index (χ2n) is 5.19. The van der Waals surface area contributed by atoms with E-state index in [-0.39, 0.29) is 0 Å². The van der Waals surface area contributed by atoms with E-state index in [4.69, 9.17) is 16.7 Å². The molecule has 0 radical (unpaired) electrons. The molecule has 8 heteroatoms. The van der Waals surface area contributed by atoms with Crippen LogP contribution in [-0.4, -0.2) is 34.5 Å². The van der Waals surface area contributed by atoms with Gasteiger partial charge in [0.15, 0.2) is 15.1 Å². The quantitative estimate of drug-likeness (QED) is 0.824. The van der Waals surface area contributed by atoms with Crippen molar-refractivity contribution >= 4 is 27.4 Å². The maximum Gasteiger partial charge on any atom is 0.322 e. The van der Waals surface area contributed by atoms with Gasteiger partial charge in [-0.25, -0.2) is 8.42 Å². The fraction of sp³-hybridized carbons (Fsp3) is 0.692. The summed E-state index contributed by atoms with van der Waals surface area (Å²) in [5.41, 5.74) is 0.989. The summed E-state index contributed by atoms with van der Waals surface area (Å²) < 4.78 is 26.4. The number of carboxylic acid groups (broad SMARTS) is 1. The first kappa shape index (κ1) is 18.0. The fourth-order valence-corrected chi connectivity index (χ4v) is 4.69. The van der Waals surface area contributed by atoms with Crippen LogP contribution in [0.15, 0.2) is 0 Å². The number of carboxylic acids is 1. The molecule has 1 N–H and O–H groups in total. The van der Waals surface area contributed by atoms with Crippen LogP contribution in [0.1, 0.15) is 39.1 Å². The SMILES string of the molecule is CCc1nn(CC)c(CS(=O)(=O)C(C(=O)O)C(C)C)c1Cl. The minimum absolute atomic E-state index is 0.316. The van der Waals surface area contributed by atoms with E-state index in [1.165, 1.54) is 4.68 Å². The van der Waals surface area contributed by atoms with Gasteiger partial charge in [0.1, 0.15) is 0 Å². The first-order chi connectivity index (χ1) is 9.65. The number of hydrogen-bond donors (Lipinski definition) is 1. The number of rotatable bonds is 7. The maximum absolute atomic E-state index is 12.4. The van der Waals surface area contributed by atoms with Crippen molar-refractivity contribution in [3.8, 4) is 0 Å². The van der Waals surface area contributed by atoms with E-state index in [1.807, 2.05) is 13.8 Å². The zero-order valence-electron chi connectivity index (χ0n) is 12.6. The standard InChI is InChI=1S/C13H21ClN2O4S/c1-5-9-11(14)10(16(6-2)15-9)7-21(19,20)12(8(3)4)13(17)18/h8,12H,5-7H2,1-4H3,(H,17,18). The molecular formula is C13H21ClN2O4S. The van der Waals surface area contributed by atoms with E-state index in [2.05, 4.69) is 5.10 Å². The molecule has 120 valence electrons. The first-order valence-electron chi connectivity index (χ1n) is 6.84. The number of aryl methyl sites for hydroxylation is 2. The number of nitrogens with zero attached hydrogens (tertiary/aromatic N) is 2. The number of carbonyl (C=O) groups is 1. The Morgan fingerprint density at radius 3 is 2.33 bits per heavy atom. The Hall–Kier alpha value is -1.08. The van der Waals surface area contributed by atoms with Gasteiger partial charge < -0.3 is 5.11 Å². The molecule has 0 bridgehead atoms. The highest BCUT2D eigenvalue weighted by Crippen LogP contribution is 2.26. The third-order valence-electron chi connectivity index (χ3n) is 3.27. The highest BCUT2D eigenvalue weighted by Gasteiger charge is 2.36. The summed E-state index contributed by atoms with van der Waals surface area (Å²) in [6.45, 7) is 7.33. The van der Waals surface area contributed by atoms with Gasteiger partial charge in [-0.1, -0.05) is 32.4 Å². The fourth-order valence-electron chi connectivity index (χ4n) is 2.29. The molecule has 1 heterocycles. The van der Waals surface area contributed by atoms with Crippen LogP contribution in [0.4, 0.5) is 0 Å². The van der Waals surface area contributed by atoms with Crippen LogP contribution in [-0.2, 0) is 33.4 Å². The lowest BCUT2D eigenvalue weighted by atomic mass is 10.1. The molecule has 0 amide bonds. The van der Waals surface area contributed by atoms with Gasteiger partial charge in [0.05, 0.1) is 22.2 Å². The van der Waals surface area contributed by atoms with E-state index in [1.54, 1.807) is 13.8 Å². The van der Waals surface area contributed by atoms with Crippen molar-refractivity contribution in [1.82, 2.24) is 9.78 Å². The third-order valence-corrected chi connectivity index (χ3v) is 5.90. The molecule has 1 aromatic rings. The molecule has 21 heavy (non-hydrogen) atoms. The first-order valence-corrected chi connectivity index (χ1v) is 8.93. The van der Waals surface area contributed by atoms with Gasteiger partial charge in [-0.05, 0) is 19.3 Å². The summed E-state index contributed by atoms with van der Waals surface area (Å²) in [7, 11) is -3.87. The molecule has 0 aromatic carbocycles. The van der Waals surface area contributed by atoms with E-state index in [0.717, 1.165) is 0 Å². The van der Waals surface area contributed by atoms with E-state index in [0.29, 0.717) is 29.4 Å². The zero-order valence-corrected chi connectivity index (χ0v) is 14.2. The summed E-state index contributed by atoms with van der Waals surface area (Å²) in [5, 5.41) is 12.3. The van der Waals surface area contributed by atoms with Crippen molar-refractivity contribution in [3.63, 3.8) is 0 Å². The summed E-state index contributed by atoms with van der Waals surface area (Å²) >= 11 is 6.18. The Bertz CT molecular complexity index is 622. The van der Waals surface area contributed by atoms with Crippen LogP contribution < -0.4 is 0 Å². The lowest BCUT2D eigenvalue weighted by Crippen LogP contribution is -2.36. The molecule has 0 aliphatic carbocycles. The molecule has 0 fully saturated rings. The molecule has 6 nitrogen and oxygen atoms in total. The van der Waals surface area contributed by atoms with Crippen molar-refractivity contribution in [1.29, 1.82) is 0 Å². The highest BCUT2D eigenvalue weighted by atomic mass is 35.5. The molecule has 0 saturated carbocycles. The number of aliphatic carboxylic acids is 1. The van der Waals surface area contributed by atoms with Crippen LogP contribution in [0.5, 0.6) is 0 Å². The number of hydrogen-bond acceptors (Lipinski definition) is 4. The average Bonchev–Trinajstić information content (AvgIpc) is 2.64. The van der Waals surface area contributed by atoms with Crippen LogP contribution in [0.3, 0.4) is 0 Å². The van der Waals surface area contributed by atoms with Gasteiger partial charge in [0.2, 0.25) is 0 Å². The summed E-state index contributed by atoms with van der Waals surface area (Å²) in [6.07, 6.45) is 0.589. The third kappa shape index (κ3) is 3.77. The number of halogens is 1. The van der Waals surface area contributed by atoms with Gasteiger partial charge >= 0.3 is 5.97 Å².